The van der Waals surface area contributed by atoms with Crippen LogP contribution in [-0.2, 0) is 9.84 Å². The predicted octanol–water partition coefficient (Wildman–Crippen LogP) is 10.5. The Labute approximate surface area is 270 Å². The van der Waals surface area contributed by atoms with E-state index in [1.807, 2.05) is 86.6 Å². The third-order valence-electron chi connectivity index (χ3n) is 7.39. The number of aryl methyl sites for hydroxylation is 1. The Morgan fingerprint density at radius 2 is 0.696 bits per heavy atom. The first kappa shape index (κ1) is 30.7. The van der Waals surface area contributed by atoms with E-state index in [9.17, 15) is 8.42 Å². The molecule has 0 radical (unpaired) electrons. The molecule has 46 heavy (non-hydrogen) atoms. The van der Waals surface area contributed by atoms with Crippen molar-refractivity contribution < 1.29 is 22.6 Å². The molecule has 0 fully saturated rings. The van der Waals surface area contributed by atoms with Gasteiger partial charge in [0, 0.05) is 0 Å². The number of benzene rings is 6. The largest absolute Gasteiger partial charge is 0.491 e. The molecule has 6 heteroatoms. The average molecular weight is 627 g/mol. The summed E-state index contributed by atoms with van der Waals surface area (Å²) in [5, 5.41) is 0. The number of hydrogen-bond donors (Lipinski definition) is 0. The van der Waals surface area contributed by atoms with Crippen molar-refractivity contribution >= 4 is 9.84 Å². The SMILES string of the molecule is Cc1ccc(-c2ccc(Oc3ccc(S(=O)(=O)c4ccc(Oc5ccc(-c6ccc(OC(C)C)cc6)cc5)cc4)cc3)cc2)cc1. The molecule has 0 amide bonds. The Bertz CT molecular complexity index is 2000. The minimum absolute atomic E-state index is 0.128. The third-order valence-corrected chi connectivity index (χ3v) is 9.18. The van der Waals surface area contributed by atoms with Gasteiger partial charge in [0.15, 0.2) is 0 Å². The molecule has 0 aromatic heterocycles. The standard InChI is InChI=1S/C40H34O5S/c1-28(2)43-34-14-8-32(9-15-34)33-12-18-36(19-13-33)45-38-22-26-40(27-23-38)46(41,42)39-24-20-37(21-25-39)44-35-16-10-31(11-17-35)30-6-4-29(3)5-7-30/h4-28H,1-3H3. The molecule has 6 rings (SSSR count). The zero-order valence-corrected chi connectivity index (χ0v) is 26.7. The van der Waals surface area contributed by atoms with Crippen LogP contribution in [0.2, 0.25) is 0 Å². The van der Waals surface area contributed by atoms with Gasteiger partial charge in [-0.3, -0.25) is 0 Å². The van der Waals surface area contributed by atoms with Crippen molar-refractivity contribution in [1.82, 2.24) is 0 Å². The second-order valence-corrected chi connectivity index (χ2v) is 13.2. The van der Waals surface area contributed by atoms with Crippen molar-refractivity contribution in [3.05, 3.63) is 151 Å². The van der Waals surface area contributed by atoms with Crippen molar-refractivity contribution in [3.63, 3.8) is 0 Å². The van der Waals surface area contributed by atoms with Gasteiger partial charge in [-0.15, -0.1) is 0 Å². The smallest absolute Gasteiger partial charge is 0.206 e. The first-order valence-electron chi connectivity index (χ1n) is 15.1. The van der Waals surface area contributed by atoms with Crippen LogP contribution in [0.25, 0.3) is 22.3 Å². The molecule has 0 spiro atoms. The lowest BCUT2D eigenvalue weighted by Gasteiger charge is -2.11. The van der Waals surface area contributed by atoms with E-state index in [2.05, 4.69) is 31.2 Å². The lowest BCUT2D eigenvalue weighted by molar-refractivity contribution is 0.242. The molecule has 0 heterocycles. The monoisotopic (exact) mass is 626 g/mol. The summed E-state index contributed by atoms with van der Waals surface area (Å²) in [6, 6.07) is 44.8. The second kappa shape index (κ2) is 13.3. The number of ether oxygens (including phenoxy) is 3. The molecule has 0 aliphatic heterocycles. The lowest BCUT2D eigenvalue weighted by atomic mass is 10.0. The van der Waals surface area contributed by atoms with E-state index in [0.29, 0.717) is 23.0 Å². The van der Waals surface area contributed by atoms with Crippen molar-refractivity contribution in [2.24, 2.45) is 0 Å². The van der Waals surface area contributed by atoms with Gasteiger partial charge >= 0.3 is 0 Å². The number of sulfone groups is 1. The average Bonchev–Trinajstić information content (AvgIpc) is 3.07. The van der Waals surface area contributed by atoms with Gasteiger partial charge < -0.3 is 14.2 Å². The Morgan fingerprint density at radius 1 is 0.413 bits per heavy atom. The molecule has 230 valence electrons. The fourth-order valence-corrected chi connectivity index (χ4v) is 6.22. The van der Waals surface area contributed by atoms with Crippen LogP contribution in [0.15, 0.2) is 155 Å². The molecule has 6 aromatic carbocycles. The van der Waals surface area contributed by atoms with Gasteiger partial charge in [0.1, 0.15) is 28.7 Å². The Kier molecular flexibility index (Phi) is 8.90. The minimum Gasteiger partial charge on any atom is -0.491 e. The zero-order valence-electron chi connectivity index (χ0n) is 25.9. The van der Waals surface area contributed by atoms with Crippen LogP contribution in [0.5, 0.6) is 28.7 Å². The summed E-state index contributed by atoms with van der Waals surface area (Å²) >= 11 is 0. The first-order valence-corrected chi connectivity index (χ1v) is 16.6. The molecule has 6 aromatic rings. The Morgan fingerprint density at radius 3 is 1.02 bits per heavy atom. The van der Waals surface area contributed by atoms with Crippen molar-refractivity contribution in [2.45, 2.75) is 36.7 Å². The Balaban J connectivity index is 1.07. The van der Waals surface area contributed by atoms with Crippen LogP contribution in [0, 0.1) is 6.92 Å². The first-order chi connectivity index (χ1) is 22.2. The van der Waals surface area contributed by atoms with Crippen molar-refractivity contribution in [2.75, 3.05) is 0 Å². The van der Waals surface area contributed by atoms with Gasteiger partial charge in [0.05, 0.1) is 15.9 Å². The Hall–Kier alpha value is -5.33. The van der Waals surface area contributed by atoms with Gasteiger partial charge in [-0.25, -0.2) is 8.42 Å². The highest BCUT2D eigenvalue weighted by molar-refractivity contribution is 7.91. The zero-order chi connectivity index (χ0) is 32.1. The van der Waals surface area contributed by atoms with E-state index < -0.39 is 9.84 Å². The number of rotatable bonds is 10. The van der Waals surface area contributed by atoms with Crippen LogP contribution >= 0.6 is 0 Å². The van der Waals surface area contributed by atoms with E-state index in [-0.39, 0.29) is 15.9 Å². The van der Waals surface area contributed by atoms with Crippen LogP contribution < -0.4 is 14.2 Å². The van der Waals surface area contributed by atoms with Crippen LogP contribution in [0.4, 0.5) is 0 Å². The quantitative estimate of drug-likeness (QED) is 0.151. The van der Waals surface area contributed by atoms with E-state index in [1.165, 1.54) is 5.56 Å². The highest BCUT2D eigenvalue weighted by atomic mass is 32.2. The fraction of sp³-hybridized carbons (Fsp3) is 0.100. The molecule has 0 N–H and O–H groups in total. The van der Waals surface area contributed by atoms with E-state index in [1.54, 1.807) is 48.5 Å². The topological polar surface area (TPSA) is 61.8 Å². The highest BCUT2D eigenvalue weighted by Crippen LogP contribution is 2.31. The molecule has 0 saturated carbocycles. The summed E-state index contributed by atoms with van der Waals surface area (Å²) in [6.45, 7) is 6.07. The molecule has 0 unspecified atom stereocenters. The highest BCUT2D eigenvalue weighted by Gasteiger charge is 2.18. The molecule has 0 aliphatic rings. The van der Waals surface area contributed by atoms with Crippen molar-refractivity contribution in [3.8, 4) is 51.0 Å². The van der Waals surface area contributed by atoms with Gasteiger partial charge in [-0.05, 0) is 128 Å². The summed E-state index contributed by atoms with van der Waals surface area (Å²) in [4.78, 5) is 0.364. The van der Waals surface area contributed by atoms with Crippen LogP contribution in [0.1, 0.15) is 19.4 Å². The normalized spacial score (nSPS) is 11.3. The maximum absolute atomic E-state index is 13.3. The lowest BCUT2D eigenvalue weighted by Crippen LogP contribution is -2.05. The third kappa shape index (κ3) is 7.31. The fourth-order valence-electron chi connectivity index (χ4n) is 4.96. The summed E-state index contributed by atoms with van der Waals surface area (Å²) in [5.41, 5.74) is 5.57. The van der Waals surface area contributed by atoms with Crippen molar-refractivity contribution in [1.29, 1.82) is 0 Å². The van der Waals surface area contributed by atoms with Gasteiger partial charge in [-0.1, -0.05) is 66.2 Å². The second-order valence-electron chi connectivity index (χ2n) is 11.3. The summed E-state index contributed by atoms with van der Waals surface area (Å²) in [5.74, 6) is 3.25. The van der Waals surface area contributed by atoms with Gasteiger partial charge in [0.25, 0.3) is 0 Å². The minimum atomic E-state index is -3.72. The summed E-state index contributed by atoms with van der Waals surface area (Å²) in [6.07, 6.45) is 0.128. The van der Waals surface area contributed by atoms with E-state index >= 15 is 0 Å². The van der Waals surface area contributed by atoms with Crippen LogP contribution in [0.3, 0.4) is 0 Å². The molecule has 0 aliphatic carbocycles. The maximum Gasteiger partial charge on any atom is 0.206 e. The molecular formula is C40H34O5S. The summed E-state index contributed by atoms with van der Waals surface area (Å²) < 4.78 is 44.3. The van der Waals surface area contributed by atoms with Crippen LogP contribution in [-0.4, -0.2) is 14.5 Å². The molecule has 0 bridgehead atoms. The maximum atomic E-state index is 13.3. The molecule has 5 nitrogen and oxygen atoms in total. The summed E-state index contributed by atoms with van der Waals surface area (Å²) in [7, 11) is -3.72. The van der Waals surface area contributed by atoms with Gasteiger partial charge in [0.2, 0.25) is 9.84 Å². The predicted molar refractivity (Wildman–Crippen MR) is 183 cm³/mol. The van der Waals surface area contributed by atoms with Gasteiger partial charge in [-0.2, -0.15) is 0 Å². The molecular weight excluding hydrogens is 593 g/mol. The molecule has 0 saturated heterocycles. The van der Waals surface area contributed by atoms with E-state index in [4.69, 9.17) is 14.2 Å². The number of hydrogen-bond acceptors (Lipinski definition) is 5. The molecule has 0 atom stereocenters. The van der Waals surface area contributed by atoms with E-state index in [0.717, 1.165) is 28.0 Å².